The number of carbonyl (C=O) groups excluding carboxylic acids is 1. The molecule has 0 fully saturated rings. The lowest BCUT2D eigenvalue weighted by atomic mass is 10.3. The molecule has 0 aliphatic carbocycles. The summed E-state index contributed by atoms with van der Waals surface area (Å²) >= 11 is 1.37. The van der Waals surface area contributed by atoms with E-state index in [-0.39, 0.29) is 5.91 Å². The van der Waals surface area contributed by atoms with E-state index >= 15 is 0 Å². The molecule has 5 nitrogen and oxygen atoms in total. The average molecular weight is 324 g/mol. The number of rotatable bonds is 6. The summed E-state index contributed by atoms with van der Waals surface area (Å²) in [6.07, 6.45) is 3.42. The van der Waals surface area contributed by atoms with Crippen LogP contribution in [0.2, 0.25) is 0 Å². The van der Waals surface area contributed by atoms with Gasteiger partial charge in [-0.25, -0.2) is 9.97 Å². The number of amides is 1. The predicted molar refractivity (Wildman–Crippen MR) is 93.6 cm³/mol. The lowest BCUT2D eigenvalue weighted by molar-refractivity contribution is -0.116. The van der Waals surface area contributed by atoms with Crippen LogP contribution >= 0.6 is 11.8 Å². The summed E-state index contributed by atoms with van der Waals surface area (Å²) in [4.78, 5) is 25.9. The number of benzene rings is 1. The van der Waals surface area contributed by atoms with Crippen LogP contribution in [0, 0.1) is 0 Å². The first-order valence-corrected chi connectivity index (χ1v) is 8.16. The molecule has 3 aromatic rings. The van der Waals surface area contributed by atoms with Crippen LogP contribution in [0.4, 0.5) is 5.69 Å². The number of pyridine rings is 1. The molecular weight excluding hydrogens is 308 g/mol. The number of aromatic nitrogens is 3. The molecule has 0 atom stereocenters. The number of H-pyrrole nitrogens is 1. The molecule has 2 aromatic heterocycles. The van der Waals surface area contributed by atoms with E-state index in [0.717, 1.165) is 11.2 Å². The standard InChI is InChI=1S/C17H16N4OS/c1-2-11-21(13-7-4-3-5-8-13)15(22)12-23-17-19-14-9-6-10-18-16(14)20-17/h2-10H,1,11-12H2,(H,18,19,20). The molecule has 0 saturated heterocycles. The second-order valence-corrected chi connectivity index (χ2v) is 5.80. The van der Waals surface area contributed by atoms with Gasteiger partial charge in [-0.1, -0.05) is 36.0 Å². The monoisotopic (exact) mass is 324 g/mol. The van der Waals surface area contributed by atoms with Gasteiger partial charge in [-0.2, -0.15) is 0 Å². The smallest absolute Gasteiger partial charge is 0.237 e. The number of nitrogens with one attached hydrogen (secondary N) is 1. The van der Waals surface area contributed by atoms with E-state index in [0.29, 0.717) is 23.1 Å². The maximum atomic E-state index is 12.5. The van der Waals surface area contributed by atoms with Crippen molar-refractivity contribution in [3.05, 3.63) is 61.3 Å². The van der Waals surface area contributed by atoms with Crippen molar-refractivity contribution in [1.82, 2.24) is 15.0 Å². The minimum Gasteiger partial charge on any atom is -0.332 e. The van der Waals surface area contributed by atoms with Gasteiger partial charge in [0, 0.05) is 18.4 Å². The second kappa shape index (κ2) is 7.11. The first-order chi connectivity index (χ1) is 11.3. The average Bonchev–Trinajstić information content (AvgIpc) is 3.01. The lowest BCUT2D eigenvalue weighted by Crippen LogP contribution is -2.32. The highest BCUT2D eigenvalue weighted by atomic mass is 32.2. The molecule has 0 saturated carbocycles. The van der Waals surface area contributed by atoms with Crippen LogP contribution in [0.25, 0.3) is 11.2 Å². The van der Waals surface area contributed by atoms with E-state index in [4.69, 9.17) is 0 Å². The fourth-order valence-electron chi connectivity index (χ4n) is 2.19. The number of anilines is 1. The normalized spacial score (nSPS) is 10.6. The summed E-state index contributed by atoms with van der Waals surface area (Å²) in [6, 6.07) is 13.3. The maximum Gasteiger partial charge on any atom is 0.237 e. The van der Waals surface area contributed by atoms with Gasteiger partial charge in [0.05, 0.1) is 11.3 Å². The third-order valence-electron chi connectivity index (χ3n) is 3.25. The van der Waals surface area contributed by atoms with Crippen molar-refractivity contribution in [2.24, 2.45) is 0 Å². The van der Waals surface area contributed by atoms with Gasteiger partial charge in [-0.15, -0.1) is 6.58 Å². The number of aromatic amines is 1. The zero-order valence-electron chi connectivity index (χ0n) is 12.5. The zero-order valence-corrected chi connectivity index (χ0v) is 13.3. The molecule has 0 spiro atoms. The van der Waals surface area contributed by atoms with Gasteiger partial charge >= 0.3 is 0 Å². The molecule has 1 aromatic carbocycles. The molecule has 0 bridgehead atoms. The Morgan fingerprint density at radius 1 is 1.26 bits per heavy atom. The number of thioether (sulfide) groups is 1. The molecule has 0 radical (unpaired) electrons. The van der Waals surface area contributed by atoms with E-state index in [2.05, 4.69) is 21.5 Å². The summed E-state index contributed by atoms with van der Waals surface area (Å²) in [7, 11) is 0. The van der Waals surface area contributed by atoms with Crippen LogP contribution in [0.5, 0.6) is 0 Å². The lowest BCUT2D eigenvalue weighted by Gasteiger charge is -2.20. The Balaban J connectivity index is 1.70. The highest BCUT2D eigenvalue weighted by molar-refractivity contribution is 7.99. The van der Waals surface area contributed by atoms with Gasteiger partial charge in [-0.3, -0.25) is 4.79 Å². The van der Waals surface area contributed by atoms with E-state index in [1.165, 1.54) is 11.8 Å². The minimum atomic E-state index is 0.00881. The molecule has 1 N–H and O–H groups in total. The van der Waals surface area contributed by atoms with Crippen molar-refractivity contribution in [1.29, 1.82) is 0 Å². The van der Waals surface area contributed by atoms with Crippen LogP contribution in [0.3, 0.4) is 0 Å². The van der Waals surface area contributed by atoms with Crippen LogP contribution < -0.4 is 4.90 Å². The first kappa shape index (κ1) is 15.3. The molecule has 0 unspecified atom stereocenters. The molecule has 2 heterocycles. The van der Waals surface area contributed by atoms with Crippen LogP contribution in [0.1, 0.15) is 0 Å². The van der Waals surface area contributed by atoms with E-state index in [9.17, 15) is 4.79 Å². The van der Waals surface area contributed by atoms with E-state index < -0.39 is 0 Å². The summed E-state index contributed by atoms with van der Waals surface area (Å²) in [5, 5.41) is 0.693. The van der Waals surface area contributed by atoms with Crippen molar-refractivity contribution in [3.8, 4) is 0 Å². The highest BCUT2D eigenvalue weighted by Gasteiger charge is 2.15. The van der Waals surface area contributed by atoms with Crippen LogP contribution in [-0.4, -0.2) is 33.2 Å². The molecule has 0 aliphatic heterocycles. The molecule has 116 valence electrons. The van der Waals surface area contributed by atoms with E-state index in [1.807, 2.05) is 42.5 Å². The van der Waals surface area contributed by atoms with Crippen molar-refractivity contribution < 1.29 is 4.79 Å². The van der Waals surface area contributed by atoms with Gasteiger partial charge in [-0.05, 0) is 24.3 Å². The Morgan fingerprint density at radius 3 is 2.83 bits per heavy atom. The Kier molecular flexibility index (Phi) is 4.73. The zero-order chi connectivity index (χ0) is 16.1. The minimum absolute atomic E-state index is 0.00881. The number of hydrogen-bond donors (Lipinski definition) is 1. The fraction of sp³-hybridized carbons (Fsp3) is 0.118. The fourth-order valence-corrected chi connectivity index (χ4v) is 2.94. The highest BCUT2D eigenvalue weighted by Crippen LogP contribution is 2.20. The Labute approximate surface area is 138 Å². The largest absolute Gasteiger partial charge is 0.332 e. The summed E-state index contributed by atoms with van der Waals surface area (Å²) in [5.74, 6) is 0.303. The first-order valence-electron chi connectivity index (χ1n) is 7.18. The van der Waals surface area contributed by atoms with Crippen molar-refractivity contribution >= 4 is 34.5 Å². The number of carbonyl (C=O) groups is 1. The molecule has 0 aliphatic rings. The second-order valence-electron chi connectivity index (χ2n) is 4.83. The number of nitrogens with zero attached hydrogens (tertiary/aromatic N) is 3. The summed E-state index contributed by atoms with van der Waals surface area (Å²) < 4.78 is 0. The van der Waals surface area contributed by atoms with Crippen molar-refractivity contribution in [2.75, 3.05) is 17.2 Å². The Bertz CT molecular complexity index is 783. The number of imidazole rings is 1. The van der Waals surface area contributed by atoms with Crippen molar-refractivity contribution in [2.45, 2.75) is 5.16 Å². The number of fused-ring (bicyclic) bond motifs is 1. The van der Waals surface area contributed by atoms with Gasteiger partial charge in [0.15, 0.2) is 10.8 Å². The molecule has 6 heteroatoms. The summed E-state index contributed by atoms with van der Waals surface area (Å²) in [5.41, 5.74) is 2.39. The molecule has 23 heavy (non-hydrogen) atoms. The third kappa shape index (κ3) is 3.60. The Hall–Kier alpha value is -2.60. The molecule has 1 amide bonds. The van der Waals surface area contributed by atoms with Crippen LogP contribution in [0.15, 0.2) is 66.5 Å². The van der Waals surface area contributed by atoms with Gasteiger partial charge < -0.3 is 9.88 Å². The van der Waals surface area contributed by atoms with Gasteiger partial charge in [0.2, 0.25) is 5.91 Å². The van der Waals surface area contributed by atoms with E-state index in [1.54, 1.807) is 17.2 Å². The molecule has 3 rings (SSSR count). The topological polar surface area (TPSA) is 61.9 Å². The maximum absolute atomic E-state index is 12.5. The van der Waals surface area contributed by atoms with Gasteiger partial charge in [0.25, 0.3) is 0 Å². The predicted octanol–water partition coefficient (Wildman–Crippen LogP) is 3.27. The third-order valence-corrected chi connectivity index (χ3v) is 4.11. The number of para-hydroxylation sites is 1. The van der Waals surface area contributed by atoms with Crippen LogP contribution in [-0.2, 0) is 4.79 Å². The quantitative estimate of drug-likeness (QED) is 0.558. The van der Waals surface area contributed by atoms with Crippen molar-refractivity contribution in [3.63, 3.8) is 0 Å². The summed E-state index contributed by atoms with van der Waals surface area (Å²) in [6.45, 7) is 4.21. The number of hydrogen-bond acceptors (Lipinski definition) is 4. The SMILES string of the molecule is C=CCN(C(=O)CSc1nc2ncccc2[nH]1)c1ccccc1. The Morgan fingerprint density at radius 2 is 2.09 bits per heavy atom. The molecular formula is C17H16N4OS. The van der Waals surface area contributed by atoms with Gasteiger partial charge in [0.1, 0.15) is 0 Å².